The van der Waals surface area contributed by atoms with Gasteiger partial charge in [-0.1, -0.05) is 23.7 Å². The van der Waals surface area contributed by atoms with E-state index in [1.54, 1.807) is 11.0 Å². The molecule has 0 radical (unpaired) electrons. The van der Waals surface area contributed by atoms with Crippen LogP contribution in [0.4, 0.5) is 5.69 Å². The summed E-state index contributed by atoms with van der Waals surface area (Å²) in [6, 6.07) is 16.4. The maximum Gasteiger partial charge on any atom is 0.336 e. The van der Waals surface area contributed by atoms with Crippen molar-refractivity contribution in [1.82, 2.24) is 4.57 Å². The summed E-state index contributed by atoms with van der Waals surface area (Å²) in [5.74, 6) is -0.00883. The molecule has 3 heterocycles. The van der Waals surface area contributed by atoms with Gasteiger partial charge in [-0.15, -0.1) is 0 Å². The van der Waals surface area contributed by atoms with Crippen molar-refractivity contribution < 1.29 is 9.21 Å². The third kappa shape index (κ3) is 3.17. The first-order valence-electron chi connectivity index (χ1n) is 10.1. The molecule has 1 aliphatic rings. The number of benzene rings is 2. The lowest BCUT2D eigenvalue weighted by Gasteiger charge is -2.20. The van der Waals surface area contributed by atoms with E-state index in [2.05, 4.69) is 4.57 Å². The normalized spacial score (nSPS) is 15.7. The molecule has 1 unspecified atom stereocenters. The Labute approximate surface area is 184 Å². The molecule has 0 N–H and O–H groups in total. The Balaban J connectivity index is 1.60. The maximum atomic E-state index is 13.6. The summed E-state index contributed by atoms with van der Waals surface area (Å²) in [6.07, 6.45) is 0. The number of hydrogen-bond acceptors (Lipinski definition) is 3. The van der Waals surface area contributed by atoms with Crippen LogP contribution in [-0.4, -0.2) is 10.5 Å². The van der Waals surface area contributed by atoms with Crippen LogP contribution in [0.25, 0.3) is 11.0 Å². The Bertz CT molecular complexity index is 1400. The van der Waals surface area contributed by atoms with E-state index in [1.165, 1.54) is 6.07 Å². The van der Waals surface area contributed by atoms with Gasteiger partial charge in [0.2, 0.25) is 0 Å². The van der Waals surface area contributed by atoms with Crippen LogP contribution >= 0.6 is 11.6 Å². The van der Waals surface area contributed by atoms with Crippen LogP contribution in [0.3, 0.4) is 0 Å². The molecule has 0 fully saturated rings. The molecule has 31 heavy (non-hydrogen) atoms. The second kappa shape index (κ2) is 7.13. The highest BCUT2D eigenvalue weighted by atomic mass is 35.5. The molecule has 0 spiro atoms. The van der Waals surface area contributed by atoms with E-state index in [0.717, 1.165) is 39.2 Å². The summed E-state index contributed by atoms with van der Waals surface area (Å²) < 4.78 is 7.45. The third-order valence-electron chi connectivity index (χ3n) is 6.02. The third-order valence-corrected chi connectivity index (χ3v) is 6.25. The average molecular weight is 433 g/mol. The van der Waals surface area contributed by atoms with Gasteiger partial charge in [0, 0.05) is 33.4 Å². The summed E-state index contributed by atoms with van der Waals surface area (Å²) in [5, 5.41) is 1.49. The highest BCUT2D eigenvalue weighted by molar-refractivity contribution is 6.31. The topological polar surface area (TPSA) is 55.5 Å². The zero-order valence-corrected chi connectivity index (χ0v) is 18.2. The minimum atomic E-state index is -0.454. The van der Waals surface area contributed by atoms with Gasteiger partial charge < -0.3 is 13.9 Å². The molecule has 6 heteroatoms. The van der Waals surface area contributed by atoms with Crippen LogP contribution in [-0.2, 0) is 11.3 Å². The van der Waals surface area contributed by atoms with Crippen LogP contribution in [0.15, 0.2) is 63.8 Å². The van der Waals surface area contributed by atoms with Crippen molar-refractivity contribution in [2.24, 2.45) is 0 Å². The fourth-order valence-electron chi connectivity index (χ4n) is 4.54. The highest BCUT2D eigenvalue weighted by Gasteiger charge is 2.39. The molecule has 5 nitrogen and oxygen atoms in total. The van der Waals surface area contributed by atoms with E-state index in [1.807, 2.05) is 63.2 Å². The van der Waals surface area contributed by atoms with Crippen molar-refractivity contribution in [3.8, 4) is 0 Å². The number of anilines is 1. The van der Waals surface area contributed by atoms with E-state index in [0.29, 0.717) is 17.2 Å². The van der Waals surface area contributed by atoms with E-state index in [9.17, 15) is 9.59 Å². The monoisotopic (exact) mass is 432 g/mol. The first-order chi connectivity index (χ1) is 14.8. The SMILES string of the molecule is Cc1cc(=O)oc2cc(CN3C(=O)C(n4c(C)ccc4C)c4cc(Cl)ccc43)ccc12. The summed E-state index contributed by atoms with van der Waals surface area (Å²) in [5.41, 5.74) is 5.68. The van der Waals surface area contributed by atoms with Gasteiger partial charge in [0.1, 0.15) is 11.6 Å². The zero-order valence-electron chi connectivity index (χ0n) is 17.5. The van der Waals surface area contributed by atoms with Gasteiger partial charge in [0.25, 0.3) is 5.91 Å². The van der Waals surface area contributed by atoms with E-state index in [-0.39, 0.29) is 11.5 Å². The molecule has 0 aliphatic carbocycles. The number of carbonyl (C=O) groups is 1. The summed E-state index contributed by atoms with van der Waals surface area (Å²) in [7, 11) is 0. The number of carbonyl (C=O) groups excluding carboxylic acids is 1. The Morgan fingerprint density at radius 3 is 2.42 bits per heavy atom. The van der Waals surface area contributed by atoms with Gasteiger partial charge in [-0.25, -0.2) is 4.79 Å². The number of aromatic nitrogens is 1. The zero-order chi connectivity index (χ0) is 21.9. The predicted molar refractivity (Wildman–Crippen MR) is 122 cm³/mol. The van der Waals surface area contributed by atoms with Gasteiger partial charge in [0.15, 0.2) is 0 Å². The van der Waals surface area contributed by atoms with Crippen molar-refractivity contribution in [1.29, 1.82) is 0 Å². The average Bonchev–Trinajstić information content (AvgIpc) is 3.17. The molecule has 0 saturated carbocycles. The Morgan fingerprint density at radius 2 is 1.68 bits per heavy atom. The van der Waals surface area contributed by atoms with Crippen molar-refractivity contribution in [2.45, 2.75) is 33.4 Å². The van der Waals surface area contributed by atoms with Crippen LogP contribution in [0, 0.1) is 20.8 Å². The molecule has 1 atom stereocenters. The number of halogens is 1. The van der Waals surface area contributed by atoms with Crippen molar-refractivity contribution in [3.05, 3.63) is 98.1 Å². The molecule has 0 bridgehead atoms. The highest BCUT2D eigenvalue weighted by Crippen LogP contribution is 2.42. The summed E-state index contributed by atoms with van der Waals surface area (Å²) in [6.45, 7) is 6.26. The van der Waals surface area contributed by atoms with Gasteiger partial charge >= 0.3 is 5.63 Å². The molecule has 2 aromatic carbocycles. The molecular weight excluding hydrogens is 412 g/mol. The van der Waals surface area contributed by atoms with Gasteiger partial charge in [0.05, 0.1) is 12.2 Å². The smallest absolute Gasteiger partial charge is 0.336 e. The summed E-state index contributed by atoms with van der Waals surface area (Å²) >= 11 is 6.30. The maximum absolute atomic E-state index is 13.6. The van der Waals surface area contributed by atoms with Crippen LogP contribution in [0.2, 0.25) is 5.02 Å². The van der Waals surface area contributed by atoms with Crippen LogP contribution < -0.4 is 10.5 Å². The van der Waals surface area contributed by atoms with Crippen molar-refractivity contribution >= 4 is 34.2 Å². The molecule has 156 valence electrons. The minimum Gasteiger partial charge on any atom is -0.423 e. The molecule has 2 aromatic heterocycles. The van der Waals surface area contributed by atoms with Crippen LogP contribution in [0.1, 0.15) is 34.1 Å². The molecule has 1 aliphatic heterocycles. The van der Waals surface area contributed by atoms with E-state index >= 15 is 0 Å². The standard InChI is InChI=1S/C25H21ClN2O3/c1-14-10-23(29)31-22-11-17(6-8-19(14)22)13-27-21-9-7-18(26)12-20(21)24(25(27)30)28-15(2)4-5-16(28)3/h4-12,24H,13H2,1-3H3. The molecular formula is C25H21ClN2O3. The number of amides is 1. The van der Waals surface area contributed by atoms with Gasteiger partial charge in [-0.3, -0.25) is 4.79 Å². The first kappa shape index (κ1) is 19.6. The lowest BCUT2D eigenvalue weighted by Crippen LogP contribution is -2.31. The Kier molecular flexibility index (Phi) is 4.52. The fourth-order valence-corrected chi connectivity index (χ4v) is 4.72. The molecule has 5 rings (SSSR count). The second-order valence-corrected chi connectivity index (χ2v) is 8.53. The minimum absolute atomic E-state index is 0.00883. The lowest BCUT2D eigenvalue weighted by molar-refractivity contribution is -0.120. The predicted octanol–water partition coefficient (Wildman–Crippen LogP) is 5.31. The summed E-state index contributed by atoms with van der Waals surface area (Å²) in [4.78, 5) is 27.2. The van der Waals surface area contributed by atoms with Crippen LogP contribution in [0.5, 0.6) is 0 Å². The van der Waals surface area contributed by atoms with Gasteiger partial charge in [-0.05, 0) is 68.3 Å². The van der Waals surface area contributed by atoms with Crippen molar-refractivity contribution in [3.63, 3.8) is 0 Å². The first-order valence-corrected chi connectivity index (χ1v) is 10.5. The molecule has 0 saturated heterocycles. The quantitative estimate of drug-likeness (QED) is 0.412. The lowest BCUT2D eigenvalue weighted by atomic mass is 10.1. The van der Waals surface area contributed by atoms with E-state index in [4.69, 9.17) is 16.0 Å². The number of fused-ring (bicyclic) bond motifs is 2. The largest absolute Gasteiger partial charge is 0.423 e. The number of aryl methyl sites for hydroxylation is 3. The van der Waals surface area contributed by atoms with Crippen molar-refractivity contribution in [2.75, 3.05) is 4.90 Å². The number of hydrogen-bond donors (Lipinski definition) is 0. The Hall–Kier alpha value is -3.31. The molecule has 4 aromatic rings. The second-order valence-electron chi connectivity index (χ2n) is 8.10. The van der Waals surface area contributed by atoms with Gasteiger partial charge in [-0.2, -0.15) is 0 Å². The fraction of sp³-hybridized carbons (Fsp3) is 0.200. The molecule has 1 amide bonds. The number of nitrogens with zero attached hydrogens (tertiary/aromatic N) is 2. The van der Waals surface area contributed by atoms with E-state index < -0.39 is 6.04 Å². The Morgan fingerprint density at radius 1 is 0.935 bits per heavy atom. The number of rotatable bonds is 3.